The van der Waals surface area contributed by atoms with E-state index in [9.17, 15) is 18.0 Å². The number of aromatic nitrogens is 1. The number of aryl methyl sites for hydroxylation is 1. The molecule has 0 N–H and O–H groups in total. The molecule has 0 aliphatic heterocycles. The lowest BCUT2D eigenvalue weighted by molar-refractivity contribution is -0.153. The summed E-state index contributed by atoms with van der Waals surface area (Å²) in [5.74, 6) is -0.0166. The van der Waals surface area contributed by atoms with E-state index in [4.69, 9.17) is 4.74 Å². The molecule has 1 heterocycles. The van der Waals surface area contributed by atoms with E-state index >= 15 is 0 Å². The van der Waals surface area contributed by atoms with Crippen LogP contribution in [0.25, 0.3) is 10.9 Å². The number of nitrogens with zero attached hydrogens (tertiary/aromatic N) is 1. The fraction of sp³-hybridized carbons (Fsp3) is 0.308. The van der Waals surface area contributed by atoms with Crippen molar-refractivity contribution >= 4 is 17.2 Å². The van der Waals surface area contributed by atoms with Gasteiger partial charge in [0.15, 0.2) is 12.9 Å². The molecule has 0 aliphatic carbocycles. The summed E-state index contributed by atoms with van der Waals surface area (Å²) in [6, 6.07) is 4.81. The van der Waals surface area contributed by atoms with Crippen LogP contribution in [-0.2, 0) is 6.54 Å². The van der Waals surface area contributed by atoms with Crippen LogP contribution < -0.4 is 4.74 Å². The van der Waals surface area contributed by atoms with Crippen molar-refractivity contribution in [3.63, 3.8) is 0 Å². The molecule has 19 heavy (non-hydrogen) atoms. The Kier molecular flexibility index (Phi) is 3.50. The quantitative estimate of drug-likeness (QED) is 0.798. The number of alkyl halides is 3. The van der Waals surface area contributed by atoms with E-state index in [2.05, 4.69) is 0 Å². The Hall–Kier alpha value is -1.98. The topological polar surface area (TPSA) is 31.2 Å². The summed E-state index contributed by atoms with van der Waals surface area (Å²) >= 11 is 0. The molecule has 0 atom stereocenters. The van der Waals surface area contributed by atoms with E-state index < -0.39 is 12.8 Å². The molecule has 2 rings (SSSR count). The summed E-state index contributed by atoms with van der Waals surface area (Å²) in [4.78, 5) is 10.9. The Labute approximate surface area is 107 Å². The Morgan fingerprint density at radius 1 is 1.32 bits per heavy atom. The highest BCUT2D eigenvalue weighted by Crippen LogP contribution is 2.31. The predicted octanol–water partition coefficient (Wildman–Crippen LogP) is 3.41. The molecule has 2 aromatic rings. The third-order valence-electron chi connectivity index (χ3n) is 2.78. The Morgan fingerprint density at radius 3 is 2.63 bits per heavy atom. The van der Waals surface area contributed by atoms with Gasteiger partial charge in [0.25, 0.3) is 0 Å². The number of carbonyl (C=O) groups excluding carboxylic acids is 1. The second-order valence-corrected chi connectivity index (χ2v) is 4.04. The van der Waals surface area contributed by atoms with Gasteiger partial charge in [0.1, 0.15) is 5.75 Å². The maximum atomic E-state index is 12.2. The normalized spacial score (nSPS) is 11.8. The predicted molar refractivity (Wildman–Crippen MR) is 64.5 cm³/mol. The number of ether oxygens (including phenoxy) is 1. The molecule has 0 radical (unpaired) electrons. The molecule has 0 unspecified atom stereocenters. The van der Waals surface area contributed by atoms with E-state index in [0.717, 1.165) is 5.52 Å². The highest BCUT2D eigenvalue weighted by molar-refractivity contribution is 5.95. The van der Waals surface area contributed by atoms with Crippen molar-refractivity contribution in [2.45, 2.75) is 19.6 Å². The van der Waals surface area contributed by atoms with Crippen molar-refractivity contribution in [1.82, 2.24) is 4.57 Å². The minimum Gasteiger partial charge on any atom is -0.483 e. The van der Waals surface area contributed by atoms with Crippen LogP contribution in [0.15, 0.2) is 24.4 Å². The van der Waals surface area contributed by atoms with Crippen LogP contribution in [0.5, 0.6) is 5.75 Å². The summed E-state index contributed by atoms with van der Waals surface area (Å²) in [5, 5.41) is 0.510. The molecule has 0 spiro atoms. The average Bonchev–Trinajstić information content (AvgIpc) is 2.77. The molecule has 0 bridgehead atoms. The van der Waals surface area contributed by atoms with E-state index in [0.29, 0.717) is 18.2 Å². The van der Waals surface area contributed by atoms with Crippen molar-refractivity contribution < 1.29 is 22.7 Å². The number of benzene rings is 1. The van der Waals surface area contributed by atoms with Crippen molar-refractivity contribution in [3.05, 3.63) is 30.0 Å². The zero-order chi connectivity index (χ0) is 14.0. The van der Waals surface area contributed by atoms with Crippen LogP contribution in [-0.4, -0.2) is 23.6 Å². The largest absolute Gasteiger partial charge is 0.483 e. The van der Waals surface area contributed by atoms with Gasteiger partial charge in [0.2, 0.25) is 0 Å². The molecular weight excluding hydrogens is 259 g/mol. The van der Waals surface area contributed by atoms with E-state index in [-0.39, 0.29) is 11.3 Å². The van der Waals surface area contributed by atoms with Gasteiger partial charge in [-0.3, -0.25) is 4.79 Å². The lowest BCUT2D eigenvalue weighted by atomic mass is 10.1. The molecule has 1 aromatic carbocycles. The number of hydrogen-bond donors (Lipinski definition) is 0. The highest BCUT2D eigenvalue weighted by Gasteiger charge is 2.29. The number of halogens is 3. The Balaban J connectivity index is 2.49. The molecule has 1 aromatic heterocycles. The van der Waals surface area contributed by atoms with Gasteiger partial charge in [0.05, 0.1) is 11.1 Å². The average molecular weight is 271 g/mol. The maximum absolute atomic E-state index is 12.2. The lowest BCUT2D eigenvalue weighted by Gasteiger charge is -2.12. The molecule has 102 valence electrons. The number of aldehydes is 1. The van der Waals surface area contributed by atoms with E-state index in [1.807, 2.05) is 11.5 Å². The fourth-order valence-electron chi connectivity index (χ4n) is 1.95. The molecular formula is C13H12F3NO2. The van der Waals surface area contributed by atoms with Crippen molar-refractivity contribution in [1.29, 1.82) is 0 Å². The minimum atomic E-state index is -4.43. The van der Waals surface area contributed by atoms with Crippen molar-refractivity contribution in [2.24, 2.45) is 0 Å². The molecule has 0 saturated heterocycles. The highest BCUT2D eigenvalue weighted by atomic mass is 19.4. The summed E-state index contributed by atoms with van der Waals surface area (Å²) in [5.41, 5.74) is 0.857. The first-order chi connectivity index (χ1) is 8.96. The standard InChI is InChI=1S/C13H12F3NO2/c1-2-17-6-5-10-11(17)4-3-9(7-18)12(10)19-8-13(14,15)16/h3-7H,2,8H2,1H3. The first-order valence-corrected chi connectivity index (χ1v) is 5.73. The molecule has 0 aliphatic rings. The zero-order valence-electron chi connectivity index (χ0n) is 10.2. The van der Waals surface area contributed by atoms with Gasteiger partial charge in [-0.15, -0.1) is 0 Å². The van der Waals surface area contributed by atoms with Crippen LogP contribution in [0.4, 0.5) is 13.2 Å². The fourth-order valence-corrected chi connectivity index (χ4v) is 1.95. The van der Waals surface area contributed by atoms with Gasteiger partial charge in [-0.1, -0.05) is 0 Å². The second-order valence-electron chi connectivity index (χ2n) is 4.04. The number of hydrogen-bond acceptors (Lipinski definition) is 2. The van der Waals surface area contributed by atoms with Gasteiger partial charge in [-0.2, -0.15) is 13.2 Å². The third-order valence-corrected chi connectivity index (χ3v) is 2.78. The van der Waals surface area contributed by atoms with Crippen LogP contribution >= 0.6 is 0 Å². The first kappa shape index (κ1) is 13.5. The van der Waals surface area contributed by atoms with Gasteiger partial charge in [-0.25, -0.2) is 0 Å². The van der Waals surface area contributed by atoms with Crippen LogP contribution in [0.3, 0.4) is 0 Å². The summed E-state index contributed by atoms with van der Waals surface area (Å²) < 4.78 is 43.3. The second kappa shape index (κ2) is 4.95. The lowest BCUT2D eigenvalue weighted by Crippen LogP contribution is -2.19. The number of fused-ring (bicyclic) bond motifs is 1. The molecule has 3 nitrogen and oxygen atoms in total. The first-order valence-electron chi connectivity index (χ1n) is 5.73. The molecule has 6 heteroatoms. The Bertz CT molecular complexity index is 602. The number of carbonyl (C=O) groups is 1. The molecule has 0 amide bonds. The van der Waals surface area contributed by atoms with Gasteiger partial charge < -0.3 is 9.30 Å². The van der Waals surface area contributed by atoms with Crippen LogP contribution in [0.1, 0.15) is 17.3 Å². The summed E-state index contributed by atoms with van der Waals surface area (Å²) in [7, 11) is 0. The zero-order valence-corrected chi connectivity index (χ0v) is 10.2. The molecule has 0 saturated carbocycles. The smallest absolute Gasteiger partial charge is 0.422 e. The van der Waals surface area contributed by atoms with Gasteiger partial charge in [-0.05, 0) is 25.1 Å². The van der Waals surface area contributed by atoms with Gasteiger partial charge >= 0.3 is 6.18 Å². The summed E-state index contributed by atoms with van der Waals surface area (Å²) in [6.45, 7) is 1.19. The van der Waals surface area contributed by atoms with E-state index in [1.54, 1.807) is 18.3 Å². The summed E-state index contributed by atoms with van der Waals surface area (Å²) in [6.07, 6.45) is -2.19. The third kappa shape index (κ3) is 2.72. The minimum absolute atomic E-state index is 0.0166. The Morgan fingerprint density at radius 2 is 2.05 bits per heavy atom. The van der Waals surface area contributed by atoms with E-state index in [1.165, 1.54) is 6.07 Å². The van der Waals surface area contributed by atoms with Gasteiger partial charge in [0, 0.05) is 18.1 Å². The van der Waals surface area contributed by atoms with Crippen LogP contribution in [0, 0.1) is 0 Å². The number of rotatable bonds is 4. The van der Waals surface area contributed by atoms with Crippen LogP contribution in [0.2, 0.25) is 0 Å². The van der Waals surface area contributed by atoms with Crippen molar-refractivity contribution in [3.8, 4) is 5.75 Å². The van der Waals surface area contributed by atoms with Crippen molar-refractivity contribution in [2.75, 3.05) is 6.61 Å². The monoisotopic (exact) mass is 271 g/mol. The maximum Gasteiger partial charge on any atom is 0.422 e. The SMILES string of the molecule is CCn1ccc2c(OCC(F)(F)F)c(C=O)ccc21. The molecule has 0 fully saturated rings.